The number of nitrogens with two attached hydrogens (primary N) is 1. The largest absolute Gasteiger partial charge is 0.402 e. The van der Waals surface area contributed by atoms with Crippen molar-refractivity contribution >= 4 is 11.5 Å². The van der Waals surface area contributed by atoms with E-state index in [4.69, 9.17) is 10.5 Å². The number of hydrogen-bond acceptors (Lipinski definition) is 6. The van der Waals surface area contributed by atoms with Crippen molar-refractivity contribution in [3.8, 4) is 0 Å². The van der Waals surface area contributed by atoms with E-state index in [2.05, 4.69) is 52.6 Å². The second-order valence-electron chi connectivity index (χ2n) is 8.73. The third-order valence-corrected chi connectivity index (χ3v) is 6.51. The lowest BCUT2D eigenvalue weighted by Crippen LogP contribution is -2.37. The number of allylic oxidation sites excluding steroid dienone is 2. The van der Waals surface area contributed by atoms with Gasteiger partial charge in [-0.1, -0.05) is 32.0 Å². The summed E-state index contributed by atoms with van der Waals surface area (Å²) in [6.45, 7) is 7.86. The fraction of sp³-hybridized carbons (Fsp3) is 0.538. The number of nitrogens with zero attached hydrogens (tertiary/aromatic N) is 2. The van der Waals surface area contributed by atoms with Crippen LogP contribution >= 0.6 is 0 Å². The zero-order chi connectivity index (χ0) is 22.9. The van der Waals surface area contributed by atoms with Crippen LogP contribution in [0.4, 0.5) is 5.95 Å². The van der Waals surface area contributed by atoms with Gasteiger partial charge in [0.15, 0.2) is 0 Å². The van der Waals surface area contributed by atoms with Gasteiger partial charge in [0.25, 0.3) is 0 Å². The Morgan fingerprint density at radius 1 is 1.09 bits per heavy atom. The van der Waals surface area contributed by atoms with E-state index in [1.54, 1.807) is 7.11 Å². The smallest absolute Gasteiger partial charge is 0.223 e. The fourth-order valence-electron chi connectivity index (χ4n) is 4.38. The molecular weight excluding hydrogens is 398 g/mol. The minimum absolute atomic E-state index is 0.410. The Kier molecular flexibility index (Phi) is 9.06. The molecule has 1 heterocycles. The average molecular weight is 438 g/mol. The Balaban J connectivity index is 1.49. The van der Waals surface area contributed by atoms with Crippen LogP contribution in [-0.2, 0) is 24.3 Å². The molecule has 174 valence electrons. The monoisotopic (exact) mass is 437 g/mol. The lowest BCUT2D eigenvalue weighted by atomic mass is 9.91. The normalized spacial score (nSPS) is 19.5. The molecule has 1 aliphatic rings. The molecule has 1 aliphatic carbocycles. The van der Waals surface area contributed by atoms with Gasteiger partial charge in [0, 0.05) is 37.6 Å². The average Bonchev–Trinajstić information content (AvgIpc) is 2.83. The van der Waals surface area contributed by atoms with Crippen molar-refractivity contribution in [1.82, 2.24) is 15.3 Å². The Morgan fingerprint density at radius 3 is 2.53 bits per heavy atom. The van der Waals surface area contributed by atoms with Crippen LogP contribution in [0.3, 0.4) is 0 Å². The van der Waals surface area contributed by atoms with Crippen molar-refractivity contribution in [3.63, 3.8) is 0 Å². The molecule has 2 aromatic rings. The van der Waals surface area contributed by atoms with Crippen molar-refractivity contribution in [2.45, 2.75) is 84.5 Å². The summed E-state index contributed by atoms with van der Waals surface area (Å²) in [7, 11) is 1.76. The molecule has 6 nitrogen and oxygen atoms in total. The second-order valence-corrected chi connectivity index (χ2v) is 8.73. The van der Waals surface area contributed by atoms with E-state index in [-0.39, 0.29) is 0 Å². The lowest BCUT2D eigenvalue weighted by molar-refractivity contribution is 0.184. The molecule has 0 radical (unpaired) electrons. The second kappa shape index (κ2) is 12.0. The number of anilines is 1. The van der Waals surface area contributed by atoms with E-state index >= 15 is 0 Å². The number of hydrogen-bond donors (Lipinski definition) is 3. The highest BCUT2D eigenvalue weighted by molar-refractivity contribution is 5.63. The van der Waals surface area contributed by atoms with Crippen molar-refractivity contribution in [2.24, 2.45) is 5.73 Å². The Labute approximate surface area is 193 Å². The van der Waals surface area contributed by atoms with Crippen LogP contribution in [0.15, 0.2) is 36.2 Å². The lowest BCUT2D eigenvalue weighted by Gasteiger charge is -2.30. The topological polar surface area (TPSA) is 85.1 Å². The molecule has 0 unspecified atom stereocenters. The summed E-state index contributed by atoms with van der Waals surface area (Å²) in [6.07, 6.45) is 8.20. The van der Waals surface area contributed by atoms with Gasteiger partial charge in [-0.3, -0.25) is 0 Å². The first-order chi connectivity index (χ1) is 15.5. The molecule has 1 saturated carbocycles. The summed E-state index contributed by atoms with van der Waals surface area (Å²) in [5.74, 6) is 0.698. The maximum atomic E-state index is 6.09. The first-order valence-corrected chi connectivity index (χ1v) is 11.9. The minimum atomic E-state index is 0.410. The van der Waals surface area contributed by atoms with Crippen molar-refractivity contribution < 1.29 is 4.74 Å². The van der Waals surface area contributed by atoms with Gasteiger partial charge in [-0.15, -0.1) is 0 Å². The Bertz CT molecular complexity index is 903. The molecule has 0 spiro atoms. The van der Waals surface area contributed by atoms with Crippen LogP contribution in [0.2, 0.25) is 0 Å². The van der Waals surface area contributed by atoms with Crippen LogP contribution in [0.5, 0.6) is 0 Å². The predicted octanol–water partition coefficient (Wildman–Crippen LogP) is 4.80. The van der Waals surface area contributed by atoms with Gasteiger partial charge in [-0.2, -0.15) is 0 Å². The van der Waals surface area contributed by atoms with E-state index in [9.17, 15) is 0 Å². The summed E-state index contributed by atoms with van der Waals surface area (Å²) in [6, 6.07) is 9.65. The first-order valence-electron chi connectivity index (χ1n) is 11.9. The summed E-state index contributed by atoms with van der Waals surface area (Å²) in [4.78, 5) is 9.10. The quantitative estimate of drug-likeness (QED) is 0.495. The van der Waals surface area contributed by atoms with Crippen LogP contribution in [0.25, 0.3) is 5.57 Å². The van der Waals surface area contributed by atoms with Gasteiger partial charge in [0.2, 0.25) is 5.95 Å². The maximum Gasteiger partial charge on any atom is 0.223 e. The van der Waals surface area contributed by atoms with Crippen molar-refractivity contribution in [1.29, 1.82) is 0 Å². The van der Waals surface area contributed by atoms with E-state index in [0.717, 1.165) is 62.0 Å². The molecule has 0 saturated heterocycles. The number of rotatable bonds is 10. The summed E-state index contributed by atoms with van der Waals surface area (Å²) in [5, 5.41) is 7.29. The molecule has 3 rings (SSSR count). The molecule has 6 heteroatoms. The fourth-order valence-corrected chi connectivity index (χ4v) is 4.38. The SMILES string of the molecule is CC/C(N)=C(\C)c1ccnc(NC2CCC(NCc3ccc(CC)c(COC)c3)CC2)n1. The standard InChI is InChI=1S/C26H39N5O/c1-5-20-8-7-19(15-21(20)17-32-4)16-29-22-9-11-23(12-10-22)30-26-28-14-13-25(31-26)18(3)24(27)6-2/h7-8,13-15,22-23,29H,5-6,9-12,16-17,27H2,1-4H3,(H,28,30,31)/b24-18-. The molecule has 0 amide bonds. The first kappa shape index (κ1) is 24.2. The molecule has 0 bridgehead atoms. The molecule has 1 fully saturated rings. The van der Waals surface area contributed by atoms with Crippen LogP contribution in [0.1, 0.15) is 75.3 Å². The number of methoxy groups -OCH3 is 1. The summed E-state index contributed by atoms with van der Waals surface area (Å²) >= 11 is 0. The zero-order valence-corrected chi connectivity index (χ0v) is 20.1. The van der Waals surface area contributed by atoms with Gasteiger partial charge in [0.05, 0.1) is 12.3 Å². The third-order valence-electron chi connectivity index (χ3n) is 6.51. The number of benzene rings is 1. The number of aromatic nitrogens is 2. The van der Waals surface area contributed by atoms with Gasteiger partial charge in [0.1, 0.15) is 0 Å². The van der Waals surface area contributed by atoms with Crippen LogP contribution < -0.4 is 16.4 Å². The summed E-state index contributed by atoms with van der Waals surface area (Å²) < 4.78 is 5.37. The minimum Gasteiger partial charge on any atom is -0.402 e. The third kappa shape index (κ3) is 6.53. The Morgan fingerprint density at radius 2 is 1.84 bits per heavy atom. The summed E-state index contributed by atoms with van der Waals surface area (Å²) in [5.41, 5.74) is 12.9. The molecule has 1 aromatic heterocycles. The predicted molar refractivity (Wildman–Crippen MR) is 132 cm³/mol. The van der Waals surface area contributed by atoms with Gasteiger partial charge >= 0.3 is 0 Å². The highest BCUT2D eigenvalue weighted by atomic mass is 16.5. The van der Waals surface area contributed by atoms with Gasteiger partial charge in [-0.05, 0) is 73.8 Å². The molecule has 4 N–H and O–H groups in total. The van der Waals surface area contributed by atoms with E-state index in [1.165, 1.54) is 16.7 Å². The highest BCUT2D eigenvalue weighted by Gasteiger charge is 2.21. The van der Waals surface area contributed by atoms with Crippen LogP contribution in [-0.4, -0.2) is 29.2 Å². The van der Waals surface area contributed by atoms with Gasteiger partial charge < -0.3 is 21.1 Å². The molecule has 32 heavy (non-hydrogen) atoms. The van der Waals surface area contributed by atoms with Gasteiger partial charge in [-0.25, -0.2) is 9.97 Å². The molecule has 1 aromatic carbocycles. The molecule has 0 aliphatic heterocycles. The Hall–Kier alpha value is -2.44. The number of ether oxygens (including phenoxy) is 1. The molecule has 0 atom stereocenters. The van der Waals surface area contributed by atoms with E-state index in [0.29, 0.717) is 24.6 Å². The van der Waals surface area contributed by atoms with E-state index in [1.807, 2.05) is 19.2 Å². The van der Waals surface area contributed by atoms with Crippen molar-refractivity contribution in [2.75, 3.05) is 12.4 Å². The number of nitrogens with one attached hydrogen (secondary N) is 2. The zero-order valence-electron chi connectivity index (χ0n) is 20.1. The van der Waals surface area contributed by atoms with E-state index < -0.39 is 0 Å². The maximum absolute atomic E-state index is 6.09. The number of aryl methyl sites for hydroxylation is 1. The highest BCUT2D eigenvalue weighted by Crippen LogP contribution is 2.23. The van der Waals surface area contributed by atoms with Crippen LogP contribution in [0, 0.1) is 0 Å². The van der Waals surface area contributed by atoms with Crippen molar-refractivity contribution in [3.05, 3.63) is 58.5 Å². The molecular formula is C26H39N5O.